The van der Waals surface area contributed by atoms with Gasteiger partial charge in [0.25, 0.3) is 0 Å². The number of hydrogen-bond acceptors (Lipinski definition) is 4. The van der Waals surface area contributed by atoms with Gasteiger partial charge in [0, 0.05) is 25.8 Å². The zero-order valence-corrected chi connectivity index (χ0v) is 11.0. The van der Waals surface area contributed by atoms with Crippen molar-refractivity contribution in [2.24, 2.45) is 0 Å². The Morgan fingerprint density at radius 2 is 1.88 bits per heavy atom. The number of hydrogen-bond donors (Lipinski definition) is 2. The number of benzene rings is 1. The smallest absolute Gasteiger partial charge is 0.243 e. The number of nitrogens with one attached hydrogen (secondary N) is 1. The van der Waals surface area contributed by atoms with Crippen molar-refractivity contribution in [1.29, 1.82) is 0 Å². The highest BCUT2D eigenvalue weighted by atomic mass is 32.2. The molecule has 0 fully saturated rings. The van der Waals surface area contributed by atoms with Crippen LogP contribution in [0.15, 0.2) is 29.2 Å². The Hall–Kier alpha value is -1.11. The molecule has 96 valence electrons. The molecule has 0 aliphatic rings. The normalized spacial score (nSPS) is 13.7. The molecular formula is C11H18N2O3S. The van der Waals surface area contributed by atoms with E-state index in [9.17, 15) is 8.42 Å². The summed E-state index contributed by atoms with van der Waals surface area (Å²) < 4.78 is 25.4. The lowest BCUT2D eigenvalue weighted by Gasteiger charge is -2.22. The molecule has 0 bridgehead atoms. The zero-order valence-electron chi connectivity index (χ0n) is 10.2. The summed E-state index contributed by atoms with van der Waals surface area (Å²) in [5.74, 6) is 0. The Bertz CT molecular complexity index is 456. The molecule has 2 N–H and O–H groups in total. The van der Waals surface area contributed by atoms with Crippen molar-refractivity contribution in [3.63, 3.8) is 0 Å². The van der Waals surface area contributed by atoms with Crippen LogP contribution in [0.5, 0.6) is 0 Å². The molecular weight excluding hydrogens is 240 g/mol. The van der Waals surface area contributed by atoms with Gasteiger partial charge in [0.15, 0.2) is 0 Å². The van der Waals surface area contributed by atoms with Crippen molar-refractivity contribution >= 4 is 15.7 Å². The summed E-state index contributed by atoms with van der Waals surface area (Å²) in [6.45, 7) is 1.45. The predicted octanol–water partition coefficient (Wildman–Crippen LogP) is 0.730. The van der Waals surface area contributed by atoms with Crippen LogP contribution >= 0.6 is 0 Å². The molecule has 1 aromatic carbocycles. The highest BCUT2D eigenvalue weighted by Gasteiger charge is 2.24. The van der Waals surface area contributed by atoms with Crippen LogP contribution in [0.25, 0.3) is 0 Å². The van der Waals surface area contributed by atoms with E-state index in [4.69, 9.17) is 5.11 Å². The first-order valence-electron chi connectivity index (χ1n) is 5.30. The van der Waals surface area contributed by atoms with E-state index in [1.54, 1.807) is 38.2 Å². The van der Waals surface area contributed by atoms with Crippen LogP contribution in [0.3, 0.4) is 0 Å². The molecule has 6 heteroatoms. The van der Waals surface area contributed by atoms with Gasteiger partial charge in [0.2, 0.25) is 10.0 Å². The van der Waals surface area contributed by atoms with Gasteiger partial charge in [0.05, 0.1) is 11.5 Å². The van der Waals surface area contributed by atoms with Crippen molar-refractivity contribution < 1.29 is 13.5 Å². The molecule has 0 aliphatic carbocycles. The molecule has 0 aliphatic heterocycles. The third-order valence-electron chi connectivity index (χ3n) is 2.70. The first kappa shape index (κ1) is 14.0. The molecule has 0 spiro atoms. The second-order valence-electron chi connectivity index (χ2n) is 3.83. The van der Waals surface area contributed by atoms with Gasteiger partial charge < -0.3 is 10.4 Å². The monoisotopic (exact) mass is 258 g/mol. The van der Waals surface area contributed by atoms with Crippen molar-refractivity contribution in [2.45, 2.75) is 17.9 Å². The van der Waals surface area contributed by atoms with Crippen LogP contribution in [-0.2, 0) is 10.0 Å². The fraction of sp³-hybridized carbons (Fsp3) is 0.455. The predicted molar refractivity (Wildman–Crippen MR) is 67.5 cm³/mol. The minimum absolute atomic E-state index is 0.204. The molecule has 0 saturated carbocycles. The highest BCUT2D eigenvalue weighted by molar-refractivity contribution is 7.89. The lowest BCUT2D eigenvalue weighted by atomic mass is 10.3. The summed E-state index contributed by atoms with van der Waals surface area (Å²) in [6, 6.07) is 6.04. The third-order valence-corrected chi connectivity index (χ3v) is 4.69. The van der Waals surface area contributed by atoms with E-state index >= 15 is 0 Å². The maximum Gasteiger partial charge on any atom is 0.243 e. The quantitative estimate of drug-likeness (QED) is 0.817. The summed E-state index contributed by atoms with van der Waals surface area (Å²) in [4.78, 5) is 0.222. The summed E-state index contributed by atoms with van der Waals surface area (Å²) >= 11 is 0. The second-order valence-corrected chi connectivity index (χ2v) is 5.82. The minimum Gasteiger partial charge on any atom is -0.395 e. The van der Waals surface area contributed by atoms with E-state index in [2.05, 4.69) is 5.32 Å². The first-order chi connectivity index (χ1) is 7.93. The van der Waals surface area contributed by atoms with Gasteiger partial charge in [-0.1, -0.05) is 0 Å². The first-order valence-corrected chi connectivity index (χ1v) is 6.74. The van der Waals surface area contributed by atoms with E-state index in [1.165, 1.54) is 11.4 Å². The Balaban J connectivity index is 3.04. The molecule has 0 saturated heterocycles. The highest BCUT2D eigenvalue weighted by Crippen LogP contribution is 2.18. The van der Waals surface area contributed by atoms with Crippen LogP contribution in [0, 0.1) is 0 Å². The van der Waals surface area contributed by atoms with Crippen molar-refractivity contribution in [2.75, 3.05) is 26.0 Å². The summed E-state index contributed by atoms with van der Waals surface area (Å²) in [6.07, 6.45) is 0. The average Bonchev–Trinajstić information content (AvgIpc) is 2.36. The van der Waals surface area contributed by atoms with Gasteiger partial charge in [-0.25, -0.2) is 8.42 Å². The van der Waals surface area contributed by atoms with Crippen molar-refractivity contribution in [3.8, 4) is 0 Å². The molecule has 1 aromatic rings. The molecule has 0 aromatic heterocycles. The molecule has 0 amide bonds. The summed E-state index contributed by atoms with van der Waals surface area (Å²) in [5, 5.41) is 11.9. The third kappa shape index (κ3) is 2.96. The van der Waals surface area contributed by atoms with E-state index in [1.807, 2.05) is 0 Å². The largest absolute Gasteiger partial charge is 0.395 e. The summed E-state index contributed by atoms with van der Waals surface area (Å²) in [5.41, 5.74) is 0.849. The fourth-order valence-corrected chi connectivity index (χ4v) is 2.66. The zero-order chi connectivity index (χ0) is 13.1. The lowest BCUT2D eigenvalue weighted by molar-refractivity contribution is 0.214. The maximum absolute atomic E-state index is 12.1. The number of likely N-dealkylation sites (N-methyl/N-ethyl adjacent to an activating group) is 1. The van der Waals surface area contributed by atoms with Crippen LogP contribution < -0.4 is 5.32 Å². The maximum atomic E-state index is 12.1. The van der Waals surface area contributed by atoms with Gasteiger partial charge in [-0.15, -0.1) is 0 Å². The van der Waals surface area contributed by atoms with E-state index in [0.717, 1.165) is 5.69 Å². The molecule has 1 unspecified atom stereocenters. The standard InChI is InChI=1S/C11H18N2O3S/c1-9(8-14)13(3)17(15,16)11-6-4-10(12-2)5-7-11/h4-7,9,12,14H,8H2,1-3H3. The Morgan fingerprint density at radius 3 is 2.29 bits per heavy atom. The second kappa shape index (κ2) is 5.48. The lowest BCUT2D eigenvalue weighted by Crippen LogP contribution is -2.37. The topological polar surface area (TPSA) is 69.6 Å². The van der Waals surface area contributed by atoms with E-state index in [-0.39, 0.29) is 11.5 Å². The van der Waals surface area contributed by atoms with Gasteiger partial charge in [0.1, 0.15) is 0 Å². The molecule has 0 heterocycles. The molecule has 1 rings (SSSR count). The Labute approximate surface area is 102 Å². The van der Waals surface area contributed by atoms with Gasteiger partial charge in [-0.3, -0.25) is 0 Å². The molecule has 17 heavy (non-hydrogen) atoms. The van der Waals surface area contributed by atoms with Crippen LogP contribution in [0.4, 0.5) is 5.69 Å². The average molecular weight is 258 g/mol. The van der Waals surface area contributed by atoms with E-state index in [0.29, 0.717) is 0 Å². The van der Waals surface area contributed by atoms with Crippen LogP contribution in [0.1, 0.15) is 6.92 Å². The number of nitrogens with zero attached hydrogens (tertiary/aromatic N) is 1. The number of rotatable bonds is 5. The van der Waals surface area contributed by atoms with Crippen LogP contribution in [0.2, 0.25) is 0 Å². The van der Waals surface area contributed by atoms with Gasteiger partial charge >= 0.3 is 0 Å². The minimum atomic E-state index is -3.53. The Kier molecular flexibility index (Phi) is 4.50. The fourth-order valence-electron chi connectivity index (χ4n) is 1.31. The van der Waals surface area contributed by atoms with E-state index < -0.39 is 16.1 Å². The number of aliphatic hydroxyl groups is 1. The van der Waals surface area contributed by atoms with Gasteiger partial charge in [-0.05, 0) is 31.2 Å². The molecule has 0 radical (unpaired) electrons. The van der Waals surface area contributed by atoms with Crippen molar-refractivity contribution in [1.82, 2.24) is 4.31 Å². The number of anilines is 1. The van der Waals surface area contributed by atoms with Gasteiger partial charge in [-0.2, -0.15) is 4.31 Å². The molecule has 5 nitrogen and oxygen atoms in total. The SMILES string of the molecule is CNc1ccc(S(=O)(=O)N(C)C(C)CO)cc1. The van der Waals surface area contributed by atoms with Crippen LogP contribution in [-0.4, -0.2) is 44.6 Å². The summed E-state index contributed by atoms with van der Waals surface area (Å²) in [7, 11) is -0.302. The molecule has 1 atom stereocenters. The number of aliphatic hydroxyl groups excluding tert-OH is 1. The Morgan fingerprint density at radius 1 is 1.35 bits per heavy atom. The van der Waals surface area contributed by atoms with Crippen molar-refractivity contribution in [3.05, 3.63) is 24.3 Å². The number of sulfonamides is 1.